The average molecular weight is 370 g/mol. The zero-order valence-electron chi connectivity index (χ0n) is 13.1. The number of carbonyl (C=O) groups is 1. The average Bonchev–Trinajstić information content (AvgIpc) is 2.60. The van der Waals surface area contributed by atoms with Crippen molar-refractivity contribution in [1.82, 2.24) is 15.1 Å². The fourth-order valence-electron chi connectivity index (χ4n) is 1.97. The minimum absolute atomic E-state index is 0.0946. The molecule has 1 amide bonds. The van der Waals surface area contributed by atoms with E-state index in [0.29, 0.717) is 31.0 Å². The first-order valence-corrected chi connectivity index (χ1v) is 8.20. The Balaban J connectivity index is 2.04. The van der Waals surface area contributed by atoms with Crippen LogP contribution in [0.25, 0.3) is 5.69 Å². The third-order valence-electron chi connectivity index (χ3n) is 3.21. The van der Waals surface area contributed by atoms with Gasteiger partial charge in [-0.2, -0.15) is 9.78 Å². The number of ether oxygens (including phenoxy) is 1. The molecular weight excluding hydrogens is 353 g/mol. The Hall–Kier alpha value is -1.89. The largest absolute Gasteiger partial charge is 0.382 e. The van der Waals surface area contributed by atoms with Crippen LogP contribution in [0, 0.1) is 0 Å². The van der Waals surface area contributed by atoms with Crippen LogP contribution in [-0.4, -0.2) is 35.4 Å². The van der Waals surface area contributed by atoms with E-state index in [1.165, 1.54) is 6.20 Å². The summed E-state index contributed by atoms with van der Waals surface area (Å²) in [6, 6.07) is 6.47. The summed E-state index contributed by atoms with van der Waals surface area (Å²) in [5.74, 6) is -0.188. The molecule has 0 unspecified atom stereocenters. The molecule has 0 radical (unpaired) electrons. The van der Waals surface area contributed by atoms with Crippen LogP contribution in [0.15, 0.2) is 35.3 Å². The molecule has 2 rings (SSSR count). The van der Waals surface area contributed by atoms with Gasteiger partial charge in [-0.1, -0.05) is 23.2 Å². The van der Waals surface area contributed by atoms with Gasteiger partial charge >= 0.3 is 0 Å². The molecule has 2 aromatic rings. The predicted octanol–water partition coefficient (Wildman–Crippen LogP) is 2.70. The molecule has 1 heterocycles. The van der Waals surface area contributed by atoms with Crippen molar-refractivity contribution in [2.75, 3.05) is 19.8 Å². The predicted molar refractivity (Wildman–Crippen MR) is 93.3 cm³/mol. The van der Waals surface area contributed by atoms with E-state index in [1.54, 1.807) is 24.3 Å². The molecule has 0 spiro atoms. The Morgan fingerprint density at radius 3 is 2.67 bits per heavy atom. The fourth-order valence-corrected chi connectivity index (χ4v) is 2.23. The maximum absolute atomic E-state index is 12.0. The molecule has 6 nitrogen and oxygen atoms in total. The third kappa shape index (κ3) is 4.56. The summed E-state index contributed by atoms with van der Waals surface area (Å²) in [5.41, 5.74) is 0.465. The molecule has 1 aromatic carbocycles. The summed E-state index contributed by atoms with van der Waals surface area (Å²) in [6.07, 6.45) is 2.05. The summed E-state index contributed by atoms with van der Waals surface area (Å²) in [6.45, 7) is 3.74. The van der Waals surface area contributed by atoms with Gasteiger partial charge in [-0.15, -0.1) is 0 Å². The van der Waals surface area contributed by atoms with Gasteiger partial charge in [-0.05, 0) is 37.6 Å². The van der Waals surface area contributed by atoms with Crippen molar-refractivity contribution in [2.45, 2.75) is 13.3 Å². The van der Waals surface area contributed by atoms with E-state index in [-0.39, 0.29) is 16.0 Å². The van der Waals surface area contributed by atoms with Crippen LogP contribution in [0.1, 0.15) is 23.7 Å². The lowest BCUT2D eigenvalue weighted by Gasteiger charge is -2.08. The molecular formula is C16H17Cl2N3O3. The van der Waals surface area contributed by atoms with Gasteiger partial charge in [0.25, 0.3) is 11.5 Å². The molecule has 0 bridgehead atoms. The smallest absolute Gasteiger partial charge is 0.291 e. The first-order valence-electron chi connectivity index (χ1n) is 7.44. The van der Waals surface area contributed by atoms with Crippen molar-refractivity contribution in [3.8, 4) is 5.69 Å². The first kappa shape index (κ1) is 18.4. The Labute approximate surface area is 149 Å². The molecule has 0 fully saturated rings. The number of carbonyl (C=O) groups excluding carboxylic acids is 1. The van der Waals surface area contributed by atoms with Crippen molar-refractivity contribution in [3.63, 3.8) is 0 Å². The zero-order chi connectivity index (χ0) is 17.5. The molecule has 0 aliphatic rings. The minimum atomic E-state index is -0.516. The van der Waals surface area contributed by atoms with E-state index in [2.05, 4.69) is 10.4 Å². The van der Waals surface area contributed by atoms with Gasteiger partial charge in [0.1, 0.15) is 5.02 Å². The summed E-state index contributed by atoms with van der Waals surface area (Å²) in [7, 11) is 0. The van der Waals surface area contributed by atoms with Crippen LogP contribution in [0.4, 0.5) is 0 Å². The third-order valence-corrected chi connectivity index (χ3v) is 3.95. The number of nitrogens with zero attached hydrogens (tertiary/aromatic N) is 2. The highest BCUT2D eigenvalue weighted by molar-refractivity contribution is 6.41. The number of halogens is 2. The first-order chi connectivity index (χ1) is 11.5. The molecule has 0 saturated heterocycles. The number of hydrogen-bond acceptors (Lipinski definition) is 4. The van der Waals surface area contributed by atoms with Crippen molar-refractivity contribution in [1.29, 1.82) is 0 Å². The normalized spacial score (nSPS) is 10.6. The number of aromatic nitrogens is 2. The van der Waals surface area contributed by atoms with Gasteiger partial charge in [0.15, 0.2) is 0 Å². The topological polar surface area (TPSA) is 73.2 Å². The van der Waals surface area contributed by atoms with Crippen LogP contribution in [0.2, 0.25) is 10.0 Å². The quantitative estimate of drug-likeness (QED) is 0.761. The lowest BCUT2D eigenvalue weighted by molar-refractivity contribution is 0.0944. The molecule has 24 heavy (non-hydrogen) atoms. The van der Waals surface area contributed by atoms with Gasteiger partial charge < -0.3 is 10.1 Å². The second-order valence-corrected chi connectivity index (χ2v) is 5.66. The summed E-state index contributed by atoms with van der Waals surface area (Å²) in [4.78, 5) is 24.0. The van der Waals surface area contributed by atoms with E-state index in [1.807, 2.05) is 6.92 Å². The standard InChI is InChI=1S/C16H17Cl2N3O3/c1-2-24-9-3-8-19-15(22)11-4-6-12(7-5-11)21-16(23)14(18)13(17)10-20-21/h4-7,10H,2-3,8-9H2,1H3,(H,19,22). The van der Waals surface area contributed by atoms with Crippen LogP contribution in [0.3, 0.4) is 0 Å². The van der Waals surface area contributed by atoms with Gasteiger partial charge in [0, 0.05) is 25.3 Å². The van der Waals surface area contributed by atoms with Crippen LogP contribution in [-0.2, 0) is 4.74 Å². The summed E-state index contributed by atoms with van der Waals surface area (Å²) >= 11 is 11.6. The van der Waals surface area contributed by atoms with E-state index in [4.69, 9.17) is 27.9 Å². The highest BCUT2D eigenvalue weighted by atomic mass is 35.5. The lowest BCUT2D eigenvalue weighted by atomic mass is 10.2. The van der Waals surface area contributed by atoms with Crippen LogP contribution < -0.4 is 10.9 Å². The van der Waals surface area contributed by atoms with Crippen LogP contribution >= 0.6 is 23.2 Å². The lowest BCUT2D eigenvalue weighted by Crippen LogP contribution is -2.25. The van der Waals surface area contributed by atoms with Gasteiger partial charge in [-0.25, -0.2) is 0 Å². The number of hydrogen-bond donors (Lipinski definition) is 1. The Morgan fingerprint density at radius 2 is 2.00 bits per heavy atom. The zero-order valence-corrected chi connectivity index (χ0v) is 14.6. The second kappa shape index (κ2) is 8.82. The molecule has 0 aliphatic heterocycles. The molecule has 1 N–H and O–H groups in total. The highest BCUT2D eigenvalue weighted by Crippen LogP contribution is 2.16. The highest BCUT2D eigenvalue weighted by Gasteiger charge is 2.10. The van der Waals surface area contributed by atoms with E-state index < -0.39 is 5.56 Å². The van der Waals surface area contributed by atoms with Crippen molar-refractivity contribution in [3.05, 3.63) is 56.4 Å². The second-order valence-electron chi connectivity index (χ2n) is 4.88. The SMILES string of the molecule is CCOCCCNC(=O)c1ccc(-n2ncc(Cl)c(Cl)c2=O)cc1. The molecule has 0 atom stereocenters. The van der Waals surface area contributed by atoms with Crippen LogP contribution in [0.5, 0.6) is 0 Å². The summed E-state index contributed by atoms with van der Waals surface area (Å²) < 4.78 is 6.33. The summed E-state index contributed by atoms with van der Waals surface area (Å²) in [5, 5.41) is 6.74. The van der Waals surface area contributed by atoms with Crippen molar-refractivity contribution >= 4 is 29.1 Å². The maximum atomic E-state index is 12.0. The number of benzene rings is 1. The van der Waals surface area contributed by atoms with E-state index in [0.717, 1.165) is 11.1 Å². The fraction of sp³-hybridized carbons (Fsp3) is 0.312. The Kier molecular flexibility index (Phi) is 6.78. The Bertz CT molecular complexity index is 760. The molecule has 8 heteroatoms. The minimum Gasteiger partial charge on any atom is -0.382 e. The van der Waals surface area contributed by atoms with Gasteiger partial charge in [-0.3, -0.25) is 9.59 Å². The molecule has 1 aromatic heterocycles. The van der Waals surface area contributed by atoms with Crippen molar-refractivity contribution in [2.24, 2.45) is 0 Å². The monoisotopic (exact) mass is 369 g/mol. The Morgan fingerprint density at radius 1 is 1.29 bits per heavy atom. The maximum Gasteiger partial charge on any atom is 0.291 e. The van der Waals surface area contributed by atoms with E-state index >= 15 is 0 Å². The van der Waals surface area contributed by atoms with E-state index in [9.17, 15) is 9.59 Å². The molecule has 0 aliphatic carbocycles. The molecule has 0 saturated carbocycles. The van der Waals surface area contributed by atoms with Crippen molar-refractivity contribution < 1.29 is 9.53 Å². The van der Waals surface area contributed by atoms with Gasteiger partial charge in [0.05, 0.1) is 16.9 Å². The van der Waals surface area contributed by atoms with Gasteiger partial charge in [0.2, 0.25) is 0 Å². The molecule has 128 valence electrons. The number of nitrogens with one attached hydrogen (secondary N) is 1. The number of rotatable bonds is 7. The number of amides is 1.